The molecule has 0 amide bonds. The van der Waals surface area contributed by atoms with Crippen molar-refractivity contribution >= 4 is 17.3 Å². The van der Waals surface area contributed by atoms with Crippen molar-refractivity contribution in [3.63, 3.8) is 0 Å². The van der Waals surface area contributed by atoms with E-state index in [1.165, 1.54) is 12.1 Å². The van der Waals surface area contributed by atoms with Crippen molar-refractivity contribution in [3.8, 4) is 0 Å². The van der Waals surface area contributed by atoms with E-state index in [1.54, 1.807) is 0 Å². The lowest BCUT2D eigenvalue weighted by molar-refractivity contribution is 0.149. The molecule has 1 aromatic rings. The van der Waals surface area contributed by atoms with Gasteiger partial charge in [0.25, 0.3) is 0 Å². The van der Waals surface area contributed by atoms with E-state index >= 15 is 0 Å². The van der Waals surface area contributed by atoms with E-state index < -0.39 is 18.7 Å². The Kier molecular flexibility index (Phi) is 3.03. The summed E-state index contributed by atoms with van der Waals surface area (Å²) >= 11 is 5.45. The van der Waals surface area contributed by atoms with Crippen LogP contribution in [0.2, 0.25) is 5.02 Å². The highest BCUT2D eigenvalue weighted by Crippen LogP contribution is 2.26. The van der Waals surface area contributed by atoms with Gasteiger partial charge in [0.2, 0.25) is 6.43 Å². The van der Waals surface area contributed by atoms with Gasteiger partial charge in [0.1, 0.15) is 0 Å². The molecule has 13 heavy (non-hydrogen) atoms. The van der Waals surface area contributed by atoms with Crippen LogP contribution >= 0.6 is 11.6 Å². The predicted octanol–water partition coefficient (Wildman–Crippen LogP) is 2.87. The Bertz CT molecular complexity index is 315. The minimum absolute atomic E-state index is 0.0726. The van der Waals surface area contributed by atoms with Gasteiger partial charge >= 0.3 is 0 Å². The third-order valence-electron chi connectivity index (χ3n) is 1.57. The van der Waals surface area contributed by atoms with Gasteiger partial charge in [-0.05, 0) is 11.6 Å². The number of benzene rings is 1. The maximum Gasteiger partial charge on any atom is 0.242 e. The zero-order valence-corrected chi connectivity index (χ0v) is 7.28. The molecule has 1 aromatic carbocycles. The predicted molar refractivity (Wildman–Crippen MR) is 45.5 cm³/mol. The van der Waals surface area contributed by atoms with Crippen molar-refractivity contribution in [2.45, 2.75) is 12.8 Å². The van der Waals surface area contributed by atoms with E-state index in [0.717, 1.165) is 0 Å². The van der Waals surface area contributed by atoms with Gasteiger partial charge in [-0.15, -0.1) is 0 Å². The summed E-state index contributed by atoms with van der Waals surface area (Å²) in [6, 6.07) is 2.52. The molecule has 0 aliphatic heterocycles. The van der Waals surface area contributed by atoms with Crippen molar-refractivity contribution in [1.82, 2.24) is 0 Å². The molecule has 0 saturated heterocycles. The number of anilines is 1. The maximum absolute atomic E-state index is 12.9. The molecule has 0 atom stereocenters. The van der Waals surface area contributed by atoms with E-state index in [2.05, 4.69) is 0 Å². The number of hydrogen-bond acceptors (Lipinski definition) is 1. The van der Waals surface area contributed by atoms with Crippen LogP contribution in [-0.4, -0.2) is 6.43 Å². The number of alkyl halides is 2. The normalized spacial score (nSPS) is 10.8. The SMILES string of the molecule is Nc1ccc(CC(F)F)c(Cl)c1F. The van der Waals surface area contributed by atoms with Gasteiger partial charge in [-0.25, -0.2) is 13.2 Å². The minimum Gasteiger partial charge on any atom is -0.396 e. The highest BCUT2D eigenvalue weighted by molar-refractivity contribution is 6.31. The summed E-state index contributed by atoms with van der Waals surface area (Å²) in [6.45, 7) is 0. The highest BCUT2D eigenvalue weighted by atomic mass is 35.5. The van der Waals surface area contributed by atoms with Crippen molar-refractivity contribution < 1.29 is 13.2 Å². The molecule has 0 aromatic heterocycles. The molecule has 0 radical (unpaired) electrons. The third-order valence-corrected chi connectivity index (χ3v) is 1.98. The van der Waals surface area contributed by atoms with Gasteiger partial charge in [0.05, 0.1) is 10.7 Å². The standard InChI is InChI=1S/C8H7ClF3N/c9-7-4(3-6(10)11)1-2-5(13)8(7)12/h1-2,6H,3,13H2. The fourth-order valence-electron chi connectivity index (χ4n) is 0.928. The lowest BCUT2D eigenvalue weighted by Gasteiger charge is -2.05. The van der Waals surface area contributed by atoms with Gasteiger partial charge < -0.3 is 5.73 Å². The maximum atomic E-state index is 12.9. The smallest absolute Gasteiger partial charge is 0.242 e. The number of nitrogens with two attached hydrogens (primary N) is 1. The number of nitrogen functional groups attached to an aromatic ring is 1. The van der Waals surface area contributed by atoms with Crippen LogP contribution in [0.3, 0.4) is 0 Å². The lowest BCUT2D eigenvalue weighted by Crippen LogP contribution is -2.00. The summed E-state index contributed by atoms with van der Waals surface area (Å²) in [5.74, 6) is -0.834. The fourth-order valence-corrected chi connectivity index (χ4v) is 1.18. The number of hydrogen-bond donors (Lipinski definition) is 1. The quantitative estimate of drug-likeness (QED) is 0.745. The first-order chi connectivity index (χ1) is 6.02. The van der Waals surface area contributed by atoms with Gasteiger partial charge in [0.15, 0.2) is 5.82 Å². The van der Waals surface area contributed by atoms with E-state index in [9.17, 15) is 13.2 Å². The van der Waals surface area contributed by atoms with Crippen molar-refractivity contribution in [2.24, 2.45) is 0 Å². The fraction of sp³-hybridized carbons (Fsp3) is 0.250. The lowest BCUT2D eigenvalue weighted by atomic mass is 10.1. The van der Waals surface area contributed by atoms with Crippen molar-refractivity contribution in [2.75, 3.05) is 5.73 Å². The molecule has 0 spiro atoms. The Hall–Kier alpha value is -0.900. The molecular formula is C8H7ClF3N. The molecule has 0 aliphatic rings. The van der Waals surface area contributed by atoms with Gasteiger partial charge in [-0.2, -0.15) is 0 Å². The zero-order valence-electron chi connectivity index (χ0n) is 6.53. The molecule has 0 saturated carbocycles. The third kappa shape index (κ3) is 2.28. The summed E-state index contributed by atoms with van der Waals surface area (Å²) in [5, 5.41) is -0.319. The van der Waals surface area contributed by atoms with Crippen LogP contribution in [0.5, 0.6) is 0 Å². The molecule has 1 rings (SSSR count). The molecule has 2 N–H and O–H groups in total. The molecule has 72 valence electrons. The van der Waals surface area contributed by atoms with Crippen LogP contribution in [0.25, 0.3) is 0 Å². The largest absolute Gasteiger partial charge is 0.396 e. The summed E-state index contributed by atoms with van der Waals surface area (Å²) in [7, 11) is 0. The first kappa shape index (κ1) is 10.2. The molecule has 0 fully saturated rings. The first-order valence-corrected chi connectivity index (χ1v) is 3.90. The summed E-state index contributed by atoms with van der Waals surface area (Å²) in [5.41, 5.74) is 5.11. The second kappa shape index (κ2) is 3.87. The average Bonchev–Trinajstić information content (AvgIpc) is 2.06. The Morgan fingerprint density at radius 1 is 1.38 bits per heavy atom. The second-order valence-corrected chi connectivity index (χ2v) is 2.92. The molecule has 0 unspecified atom stereocenters. The molecule has 5 heteroatoms. The van der Waals surface area contributed by atoms with Crippen LogP contribution in [0.15, 0.2) is 12.1 Å². The molecule has 0 bridgehead atoms. The Morgan fingerprint density at radius 3 is 2.54 bits per heavy atom. The zero-order chi connectivity index (χ0) is 10.0. The number of rotatable bonds is 2. The highest BCUT2D eigenvalue weighted by Gasteiger charge is 2.13. The molecular weight excluding hydrogens is 203 g/mol. The average molecular weight is 210 g/mol. The summed E-state index contributed by atoms with van der Waals surface area (Å²) in [6.07, 6.45) is -3.10. The van der Waals surface area contributed by atoms with E-state index in [-0.39, 0.29) is 16.3 Å². The molecule has 1 nitrogen and oxygen atoms in total. The Morgan fingerprint density at radius 2 is 2.00 bits per heavy atom. The van der Waals surface area contributed by atoms with Gasteiger partial charge in [-0.1, -0.05) is 17.7 Å². The second-order valence-electron chi connectivity index (χ2n) is 2.54. The van der Waals surface area contributed by atoms with E-state index in [0.29, 0.717) is 0 Å². The van der Waals surface area contributed by atoms with E-state index in [1.807, 2.05) is 0 Å². The Labute approximate surface area is 78.3 Å². The number of halogens is 4. The van der Waals surface area contributed by atoms with Crippen LogP contribution in [-0.2, 0) is 6.42 Å². The molecule has 0 heterocycles. The van der Waals surface area contributed by atoms with Crippen LogP contribution < -0.4 is 5.73 Å². The van der Waals surface area contributed by atoms with E-state index in [4.69, 9.17) is 17.3 Å². The van der Waals surface area contributed by atoms with Gasteiger partial charge in [-0.3, -0.25) is 0 Å². The molecule has 0 aliphatic carbocycles. The minimum atomic E-state index is -2.54. The van der Waals surface area contributed by atoms with Gasteiger partial charge in [0, 0.05) is 6.42 Å². The van der Waals surface area contributed by atoms with Crippen LogP contribution in [0, 0.1) is 5.82 Å². The Balaban J connectivity index is 3.04. The van der Waals surface area contributed by atoms with Crippen LogP contribution in [0.1, 0.15) is 5.56 Å². The summed E-state index contributed by atoms with van der Waals surface area (Å²) in [4.78, 5) is 0. The first-order valence-electron chi connectivity index (χ1n) is 3.53. The summed E-state index contributed by atoms with van der Waals surface area (Å²) < 4.78 is 36.8. The topological polar surface area (TPSA) is 26.0 Å². The van der Waals surface area contributed by atoms with Crippen molar-refractivity contribution in [3.05, 3.63) is 28.5 Å². The monoisotopic (exact) mass is 209 g/mol. The van der Waals surface area contributed by atoms with Crippen molar-refractivity contribution in [1.29, 1.82) is 0 Å². The van der Waals surface area contributed by atoms with Crippen LogP contribution in [0.4, 0.5) is 18.9 Å².